The molecule has 1 aliphatic rings. The highest BCUT2D eigenvalue weighted by Crippen LogP contribution is 2.26. The van der Waals surface area contributed by atoms with Gasteiger partial charge in [-0.15, -0.1) is 0 Å². The summed E-state index contributed by atoms with van der Waals surface area (Å²) in [6, 6.07) is -0.276. The van der Waals surface area contributed by atoms with E-state index in [0.717, 1.165) is 10.6 Å². The summed E-state index contributed by atoms with van der Waals surface area (Å²) >= 11 is 1.29. The topological polar surface area (TPSA) is 80.5 Å². The largest absolute Gasteiger partial charge is 0.383 e. The molecule has 1 fully saturated rings. The number of ether oxygens (including phenoxy) is 1. The van der Waals surface area contributed by atoms with E-state index in [9.17, 15) is 4.79 Å². The maximum atomic E-state index is 12.2. The molecule has 0 aromatic carbocycles. The van der Waals surface area contributed by atoms with Gasteiger partial charge >= 0.3 is 0 Å². The Balaban J connectivity index is 1.96. The van der Waals surface area contributed by atoms with Gasteiger partial charge in [0.1, 0.15) is 16.9 Å². The van der Waals surface area contributed by atoms with Crippen LogP contribution < -0.4 is 11.1 Å². The Morgan fingerprint density at radius 1 is 1.56 bits per heavy atom. The van der Waals surface area contributed by atoms with Crippen molar-refractivity contribution in [1.29, 1.82) is 0 Å². The molecule has 0 saturated carbocycles. The van der Waals surface area contributed by atoms with Crippen LogP contribution in [0.2, 0.25) is 0 Å². The Bertz CT molecular complexity index is 429. The van der Waals surface area contributed by atoms with E-state index in [1.807, 2.05) is 18.7 Å². The average molecular weight is 270 g/mol. The van der Waals surface area contributed by atoms with Crippen LogP contribution in [0, 0.1) is 6.92 Å². The first-order valence-electron chi connectivity index (χ1n) is 5.94. The second-order valence-corrected chi connectivity index (χ2v) is 5.10. The number of nitrogen functional groups attached to an aromatic ring is 1. The van der Waals surface area contributed by atoms with Crippen molar-refractivity contribution in [1.82, 2.24) is 9.27 Å². The van der Waals surface area contributed by atoms with Gasteiger partial charge in [0.15, 0.2) is 0 Å². The molecular formula is C11H18N4O2S. The molecule has 100 valence electrons. The number of rotatable bonds is 3. The van der Waals surface area contributed by atoms with Crippen LogP contribution in [-0.2, 0) is 9.53 Å². The van der Waals surface area contributed by atoms with E-state index in [-0.39, 0.29) is 11.9 Å². The van der Waals surface area contributed by atoms with Gasteiger partial charge in [-0.25, -0.2) is 0 Å². The van der Waals surface area contributed by atoms with E-state index in [0.29, 0.717) is 32.1 Å². The Morgan fingerprint density at radius 2 is 2.22 bits per heavy atom. The lowest BCUT2D eigenvalue weighted by molar-refractivity contribution is -0.135. The Labute approximate surface area is 110 Å². The average Bonchev–Trinajstić information content (AvgIpc) is 2.71. The van der Waals surface area contributed by atoms with E-state index in [1.165, 1.54) is 11.5 Å². The van der Waals surface area contributed by atoms with Gasteiger partial charge in [0.05, 0.1) is 13.2 Å². The van der Waals surface area contributed by atoms with Crippen LogP contribution in [0.1, 0.15) is 12.5 Å². The fraction of sp³-hybridized carbons (Fsp3) is 0.636. The second kappa shape index (κ2) is 5.53. The van der Waals surface area contributed by atoms with Gasteiger partial charge in [0, 0.05) is 18.7 Å². The van der Waals surface area contributed by atoms with Crippen molar-refractivity contribution < 1.29 is 9.53 Å². The Kier molecular flexibility index (Phi) is 4.03. The van der Waals surface area contributed by atoms with Crippen LogP contribution in [0.15, 0.2) is 0 Å². The highest BCUT2D eigenvalue weighted by Gasteiger charge is 2.23. The summed E-state index contributed by atoms with van der Waals surface area (Å²) in [5.74, 6) is 0.609. The summed E-state index contributed by atoms with van der Waals surface area (Å²) in [6.45, 7) is 6.31. The molecule has 1 unspecified atom stereocenters. The van der Waals surface area contributed by atoms with Crippen LogP contribution >= 0.6 is 11.5 Å². The number of nitrogens with two attached hydrogens (primary N) is 1. The van der Waals surface area contributed by atoms with E-state index in [2.05, 4.69) is 9.69 Å². The maximum absolute atomic E-state index is 12.2. The number of nitrogens with zero attached hydrogens (tertiary/aromatic N) is 2. The number of aromatic nitrogens is 1. The summed E-state index contributed by atoms with van der Waals surface area (Å²) in [6.07, 6.45) is 0. The predicted molar refractivity (Wildman–Crippen MR) is 71.7 cm³/mol. The number of hydrogen-bond donors (Lipinski definition) is 2. The third-order valence-electron chi connectivity index (χ3n) is 3.00. The zero-order valence-electron chi connectivity index (χ0n) is 10.6. The van der Waals surface area contributed by atoms with E-state index < -0.39 is 0 Å². The van der Waals surface area contributed by atoms with Crippen molar-refractivity contribution in [3.05, 3.63) is 5.56 Å². The number of morpholine rings is 1. The molecule has 1 aromatic heterocycles. The number of carbonyl (C=O) groups is 1. The van der Waals surface area contributed by atoms with E-state index in [1.54, 1.807) is 0 Å². The molecule has 1 saturated heterocycles. The SMILES string of the molecule is Cc1c(N)nsc1NC(C)C(=O)N1CCOCC1. The van der Waals surface area contributed by atoms with Gasteiger partial charge in [-0.2, -0.15) is 4.37 Å². The molecule has 0 bridgehead atoms. The predicted octanol–water partition coefficient (Wildman–Crippen LogP) is 0.693. The molecule has 1 aliphatic heterocycles. The summed E-state index contributed by atoms with van der Waals surface area (Å²) in [5, 5.41) is 4.03. The molecule has 0 radical (unpaired) electrons. The molecule has 3 N–H and O–H groups in total. The monoisotopic (exact) mass is 270 g/mol. The highest BCUT2D eigenvalue weighted by atomic mass is 32.1. The second-order valence-electron chi connectivity index (χ2n) is 4.33. The molecule has 2 heterocycles. The third kappa shape index (κ3) is 2.73. The normalized spacial score (nSPS) is 17.6. The summed E-state index contributed by atoms with van der Waals surface area (Å²) < 4.78 is 9.28. The van der Waals surface area contributed by atoms with Gasteiger partial charge in [-0.1, -0.05) is 0 Å². The lowest BCUT2D eigenvalue weighted by Crippen LogP contribution is -2.46. The first-order chi connectivity index (χ1) is 8.59. The fourth-order valence-electron chi connectivity index (χ4n) is 1.80. The minimum absolute atomic E-state index is 0.0877. The molecule has 0 spiro atoms. The summed E-state index contributed by atoms with van der Waals surface area (Å²) in [7, 11) is 0. The quantitative estimate of drug-likeness (QED) is 0.845. The zero-order chi connectivity index (χ0) is 13.1. The molecular weight excluding hydrogens is 252 g/mol. The third-order valence-corrected chi connectivity index (χ3v) is 3.90. The number of hydrogen-bond acceptors (Lipinski definition) is 6. The molecule has 18 heavy (non-hydrogen) atoms. The van der Waals surface area contributed by atoms with Crippen molar-refractivity contribution in [3.8, 4) is 0 Å². The molecule has 1 amide bonds. The van der Waals surface area contributed by atoms with Gasteiger partial charge in [0.2, 0.25) is 5.91 Å². The molecule has 2 rings (SSSR count). The zero-order valence-corrected chi connectivity index (χ0v) is 11.4. The first-order valence-corrected chi connectivity index (χ1v) is 6.71. The lowest BCUT2D eigenvalue weighted by atomic mass is 10.2. The van der Waals surface area contributed by atoms with Gasteiger partial charge in [-0.3, -0.25) is 4.79 Å². The van der Waals surface area contributed by atoms with Crippen molar-refractivity contribution >= 4 is 28.3 Å². The molecule has 6 nitrogen and oxygen atoms in total. The number of anilines is 2. The van der Waals surface area contributed by atoms with Crippen LogP contribution in [0.25, 0.3) is 0 Å². The fourth-order valence-corrected chi connectivity index (χ4v) is 2.60. The van der Waals surface area contributed by atoms with E-state index >= 15 is 0 Å². The van der Waals surface area contributed by atoms with Crippen molar-refractivity contribution in [2.24, 2.45) is 0 Å². The highest BCUT2D eigenvalue weighted by molar-refractivity contribution is 7.10. The first kappa shape index (κ1) is 13.1. The van der Waals surface area contributed by atoms with Gasteiger partial charge < -0.3 is 20.7 Å². The van der Waals surface area contributed by atoms with Gasteiger partial charge in [-0.05, 0) is 25.4 Å². The summed E-state index contributed by atoms with van der Waals surface area (Å²) in [5.41, 5.74) is 6.59. The maximum Gasteiger partial charge on any atom is 0.244 e. The Morgan fingerprint density at radius 3 is 2.78 bits per heavy atom. The Hall–Kier alpha value is -1.34. The number of nitrogens with one attached hydrogen (secondary N) is 1. The minimum atomic E-state index is -0.276. The number of carbonyl (C=O) groups excluding carboxylic acids is 1. The number of amides is 1. The van der Waals surface area contributed by atoms with Gasteiger partial charge in [0.25, 0.3) is 0 Å². The summed E-state index contributed by atoms with van der Waals surface area (Å²) in [4.78, 5) is 14.0. The smallest absolute Gasteiger partial charge is 0.244 e. The molecule has 1 aromatic rings. The molecule has 7 heteroatoms. The standard InChI is InChI=1S/C11H18N4O2S/c1-7-9(12)14-18-10(7)13-8(2)11(16)15-3-5-17-6-4-15/h8,13H,3-6H2,1-2H3,(H2,12,14). The van der Waals surface area contributed by atoms with Crippen LogP contribution in [0.5, 0.6) is 0 Å². The van der Waals surface area contributed by atoms with Crippen molar-refractivity contribution in [3.63, 3.8) is 0 Å². The van der Waals surface area contributed by atoms with Crippen LogP contribution in [0.4, 0.5) is 10.8 Å². The van der Waals surface area contributed by atoms with Crippen LogP contribution in [-0.4, -0.2) is 47.5 Å². The van der Waals surface area contributed by atoms with E-state index in [4.69, 9.17) is 10.5 Å². The van der Waals surface area contributed by atoms with Crippen molar-refractivity contribution in [2.45, 2.75) is 19.9 Å². The molecule has 1 atom stereocenters. The minimum Gasteiger partial charge on any atom is -0.383 e. The van der Waals surface area contributed by atoms with Crippen LogP contribution in [0.3, 0.4) is 0 Å². The molecule has 0 aliphatic carbocycles. The lowest BCUT2D eigenvalue weighted by Gasteiger charge is -2.29. The van der Waals surface area contributed by atoms with Crippen molar-refractivity contribution in [2.75, 3.05) is 37.4 Å².